The standard InChI is InChI=1S/C26H39N5O.HI/c1-4-27-26(28-15-14-22(2)30(3)21-24-8-6-5-7-9-24)29-20-23-10-12-25(13-11-23)31-16-18-32-19-17-31;/h5-13,22H,4,14-21H2,1-3H3,(H2,27,28,29);1H. The summed E-state index contributed by atoms with van der Waals surface area (Å²) in [5.74, 6) is 0.877. The molecule has 0 saturated carbocycles. The Kier molecular flexibility index (Phi) is 12.6. The van der Waals surface area contributed by atoms with Crippen LogP contribution in [-0.2, 0) is 17.8 Å². The Morgan fingerprint density at radius 2 is 1.73 bits per heavy atom. The molecule has 0 amide bonds. The molecule has 0 aromatic heterocycles. The number of hydrogen-bond donors (Lipinski definition) is 2. The molecule has 1 aliphatic heterocycles. The minimum absolute atomic E-state index is 0. The van der Waals surface area contributed by atoms with Crippen LogP contribution >= 0.6 is 24.0 Å². The van der Waals surface area contributed by atoms with Gasteiger partial charge in [0.25, 0.3) is 0 Å². The van der Waals surface area contributed by atoms with Crippen molar-refractivity contribution in [1.82, 2.24) is 15.5 Å². The molecular weight excluding hydrogens is 525 g/mol. The van der Waals surface area contributed by atoms with Crippen molar-refractivity contribution in [2.75, 3.05) is 51.3 Å². The van der Waals surface area contributed by atoms with Gasteiger partial charge in [-0.1, -0.05) is 42.5 Å². The van der Waals surface area contributed by atoms with Gasteiger partial charge in [0.2, 0.25) is 0 Å². The molecular formula is C26H40IN5O. The smallest absolute Gasteiger partial charge is 0.191 e. The summed E-state index contributed by atoms with van der Waals surface area (Å²) >= 11 is 0. The van der Waals surface area contributed by atoms with E-state index in [-0.39, 0.29) is 24.0 Å². The Bertz CT molecular complexity index is 809. The number of hydrogen-bond acceptors (Lipinski definition) is 4. The van der Waals surface area contributed by atoms with Crippen molar-refractivity contribution >= 4 is 35.6 Å². The number of morpholine rings is 1. The summed E-state index contributed by atoms with van der Waals surface area (Å²) in [4.78, 5) is 9.56. The highest BCUT2D eigenvalue weighted by atomic mass is 127. The maximum Gasteiger partial charge on any atom is 0.191 e. The highest BCUT2D eigenvalue weighted by Gasteiger charge is 2.11. The molecule has 1 fully saturated rings. The molecule has 3 rings (SSSR count). The lowest BCUT2D eigenvalue weighted by Gasteiger charge is -2.28. The van der Waals surface area contributed by atoms with Crippen LogP contribution < -0.4 is 15.5 Å². The first-order chi connectivity index (χ1) is 15.7. The highest BCUT2D eigenvalue weighted by Crippen LogP contribution is 2.17. The van der Waals surface area contributed by atoms with Crippen molar-refractivity contribution in [2.45, 2.75) is 39.4 Å². The number of benzene rings is 2. The van der Waals surface area contributed by atoms with Crippen molar-refractivity contribution in [2.24, 2.45) is 4.99 Å². The monoisotopic (exact) mass is 565 g/mol. The molecule has 1 unspecified atom stereocenters. The van der Waals surface area contributed by atoms with Crippen LogP contribution in [0.15, 0.2) is 59.6 Å². The normalized spacial score (nSPS) is 15.2. The fourth-order valence-electron chi connectivity index (χ4n) is 3.79. The first-order valence-electron chi connectivity index (χ1n) is 11.8. The van der Waals surface area contributed by atoms with Crippen LogP contribution in [0.2, 0.25) is 0 Å². The third-order valence-electron chi connectivity index (χ3n) is 5.96. The first-order valence-corrected chi connectivity index (χ1v) is 11.8. The maximum atomic E-state index is 5.44. The number of nitrogens with zero attached hydrogens (tertiary/aromatic N) is 3. The van der Waals surface area contributed by atoms with Crippen LogP contribution in [0.25, 0.3) is 0 Å². The summed E-state index contributed by atoms with van der Waals surface area (Å²) in [7, 11) is 2.19. The van der Waals surface area contributed by atoms with Crippen molar-refractivity contribution in [1.29, 1.82) is 0 Å². The van der Waals surface area contributed by atoms with Gasteiger partial charge in [-0.15, -0.1) is 24.0 Å². The predicted molar refractivity (Wildman–Crippen MR) is 150 cm³/mol. The van der Waals surface area contributed by atoms with Crippen LogP contribution in [0.3, 0.4) is 0 Å². The zero-order valence-electron chi connectivity index (χ0n) is 20.3. The van der Waals surface area contributed by atoms with Crippen molar-refractivity contribution in [3.05, 3.63) is 65.7 Å². The summed E-state index contributed by atoms with van der Waals surface area (Å²) in [5.41, 5.74) is 3.83. The zero-order valence-corrected chi connectivity index (χ0v) is 22.6. The first kappa shape index (κ1) is 27.4. The average molecular weight is 566 g/mol. The lowest BCUT2D eigenvalue weighted by Crippen LogP contribution is -2.40. The van der Waals surface area contributed by atoms with Gasteiger partial charge in [0.1, 0.15) is 0 Å². The molecule has 1 atom stereocenters. The number of halogens is 1. The van der Waals surface area contributed by atoms with E-state index in [2.05, 4.69) is 95.9 Å². The van der Waals surface area contributed by atoms with Gasteiger partial charge in [0.05, 0.1) is 19.8 Å². The van der Waals surface area contributed by atoms with Crippen molar-refractivity contribution in [3.63, 3.8) is 0 Å². The van der Waals surface area contributed by atoms with Gasteiger partial charge >= 0.3 is 0 Å². The van der Waals surface area contributed by atoms with E-state index < -0.39 is 0 Å². The quantitative estimate of drug-likeness (QED) is 0.258. The molecule has 6 nitrogen and oxygen atoms in total. The third kappa shape index (κ3) is 9.51. The Balaban J connectivity index is 0.00000385. The fraction of sp³-hybridized carbons (Fsp3) is 0.500. The van der Waals surface area contributed by atoms with Crippen LogP contribution in [0.4, 0.5) is 5.69 Å². The largest absolute Gasteiger partial charge is 0.378 e. The number of rotatable bonds is 10. The number of nitrogens with one attached hydrogen (secondary N) is 2. The Morgan fingerprint density at radius 1 is 1.03 bits per heavy atom. The van der Waals surface area contributed by atoms with E-state index in [1.165, 1.54) is 16.8 Å². The number of ether oxygens (including phenoxy) is 1. The molecule has 33 heavy (non-hydrogen) atoms. The molecule has 1 heterocycles. The molecule has 0 aliphatic carbocycles. The minimum atomic E-state index is 0. The van der Waals surface area contributed by atoms with E-state index in [1.54, 1.807) is 0 Å². The second-order valence-electron chi connectivity index (χ2n) is 8.43. The van der Waals surface area contributed by atoms with Crippen LogP contribution in [0.1, 0.15) is 31.4 Å². The molecule has 182 valence electrons. The van der Waals surface area contributed by atoms with Gasteiger partial charge in [0, 0.05) is 44.5 Å². The summed E-state index contributed by atoms with van der Waals surface area (Å²) in [6.45, 7) is 11.3. The number of anilines is 1. The van der Waals surface area contributed by atoms with Gasteiger partial charge in [0.15, 0.2) is 5.96 Å². The van der Waals surface area contributed by atoms with Crippen molar-refractivity contribution in [3.8, 4) is 0 Å². The van der Waals surface area contributed by atoms with E-state index >= 15 is 0 Å². The SMILES string of the molecule is CCNC(=NCc1ccc(N2CCOCC2)cc1)NCCC(C)N(C)Cc1ccccc1.I. The Labute approximate surface area is 216 Å². The fourth-order valence-corrected chi connectivity index (χ4v) is 3.79. The Hall–Kier alpha value is -1.84. The molecule has 0 radical (unpaired) electrons. The molecule has 2 N–H and O–H groups in total. The van der Waals surface area contributed by atoms with Crippen molar-refractivity contribution < 1.29 is 4.74 Å². The predicted octanol–water partition coefficient (Wildman–Crippen LogP) is 4.11. The van der Waals surface area contributed by atoms with Gasteiger partial charge < -0.3 is 20.3 Å². The van der Waals surface area contributed by atoms with Gasteiger partial charge in [-0.05, 0) is 50.6 Å². The molecule has 1 aliphatic rings. The van der Waals surface area contributed by atoms with E-state index in [1.807, 2.05) is 0 Å². The third-order valence-corrected chi connectivity index (χ3v) is 5.96. The van der Waals surface area contributed by atoms with Crippen LogP contribution in [0, 0.1) is 0 Å². The average Bonchev–Trinajstić information content (AvgIpc) is 2.84. The molecule has 2 aromatic carbocycles. The summed E-state index contributed by atoms with van der Waals surface area (Å²) in [5, 5.41) is 6.86. The van der Waals surface area contributed by atoms with Crippen LogP contribution in [0.5, 0.6) is 0 Å². The van der Waals surface area contributed by atoms with Gasteiger partial charge in [-0.25, -0.2) is 4.99 Å². The van der Waals surface area contributed by atoms with Gasteiger partial charge in [-0.2, -0.15) is 0 Å². The second-order valence-corrected chi connectivity index (χ2v) is 8.43. The van der Waals surface area contributed by atoms with E-state index in [0.29, 0.717) is 12.6 Å². The summed E-state index contributed by atoms with van der Waals surface area (Å²) < 4.78 is 5.44. The zero-order chi connectivity index (χ0) is 22.6. The molecule has 2 aromatic rings. The Morgan fingerprint density at radius 3 is 2.39 bits per heavy atom. The molecule has 0 bridgehead atoms. The minimum Gasteiger partial charge on any atom is -0.378 e. The number of guanidine groups is 1. The molecule has 1 saturated heterocycles. The van der Waals surface area contributed by atoms with E-state index in [0.717, 1.165) is 58.3 Å². The molecule has 0 spiro atoms. The lowest BCUT2D eigenvalue weighted by atomic mass is 10.1. The van der Waals surface area contributed by atoms with E-state index in [4.69, 9.17) is 9.73 Å². The highest BCUT2D eigenvalue weighted by molar-refractivity contribution is 14.0. The maximum absolute atomic E-state index is 5.44. The van der Waals surface area contributed by atoms with Crippen LogP contribution in [-0.4, -0.2) is 63.3 Å². The summed E-state index contributed by atoms with van der Waals surface area (Å²) in [6.07, 6.45) is 1.06. The van der Waals surface area contributed by atoms with Gasteiger partial charge in [-0.3, -0.25) is 4.90 Å². The number of aliphatic imine (C=N–C) groups is 1. The second kappa shape index (κ2) is 15.1. The topological polar surface area (TPSA) is 52.1 Å². The summed E-state index contributed by atoms with van der Waals surface area (Å²) in [6, 6.07) is 19.9. The lowest BCUT2D eigenvalue weighted by molar-refractivity contribution is 0.122. The molecule has 7 heteroatoms. The van der Waals surface area contributed by atoms with E-state index in [9.17, 15) is 0 Å².